The van der Waals surface area contributed by atoms with Crippen molar-refractivity contribution >= 4 is 85.6 Å². The predicted molar refractivity (Wildman–Crippen MR) is 169 cm³/mol. The number of hydrogen-bond donors (Lipinski definition) is 3. The molecule has 266 valence electrons. The zero-order valence-electron chi connectivity index (χ0n) is 29.4. The number of aromatic nitrogens is 3. The van der Waals surface area contributed by atoms with E-state index in [2.05, 4.69) is 54.6 Å². The Morgan fingerprint density at radius 2 is 1.49 bits per heavy atom. The van der Waals surface area contributed by atoms with Gasteiger partial charge in [0.25, 0.3) is 0 Å². The van der Waals surface area contributed by atoms with Crippen molar-refractivity contribution in [3.63, 3.8) is 0 Å². The first-order valence-corrected chi connectivity index (χ1v) is 16.7. The molecule has 0 unspecified atom stereocenters. The number of rotatable bonds is 16. The third-order valence-corrected chi connectivity index (χ3v) is 8.33. The van der Waals surface area contributed by atoms with Gasteiger partial charge in [-0.15, -0.1) is 5.11 Å². The van der Waals surface area contributed by atoms with Crippen molar-refractivity contribution in [1.29, 1.82) is 0 Å². The number of phenolic OH excluding ortho intramolecular Hbond substituents is 1. The molecular formula is C28H19Li2N7Na2O13S3. The third-order valence-electron chi connectivity index (χ3n) is 6.31. The van der Waals surface area contributed by atoms with Gasteiger partial charge < -0.3 is 45.4 Å². The van der Waals surface area contributed by atoms with Crippen molar-refractivity contribution in [2.24, 2.45) is 10.2 Å². The number of anilines is 4. The summed E-state index contributed by atoms with van der Waals surface area (Å²) in [4.78, 5) is 23.1. The van der Waals surface area contributed by atoms with Crippen molar-refractivity contribution in [2.75, 3.05) is 17.2 Å². The summed E-state index contributed by atoms with van der Waals surface area (Å²) in [6.07, 6.45) is 0. The van der Waals surface area contributed by atoms with Crippen molar-refractivity contribution in [3.05, 3.63) is 72.6 Å². The van der Waals surface area contributed by atoms with Crippen LogP contribution in [-0.4, -0.2) is 45.6 Å². The molecule has 55 heavy (non-hydrogen) atoms. The van der Waals surface area contributed by atoms with E-state index < -0.39 is 38.5 Å². The van der Waals surface area contributed by atoms with E-state index in [1.165, 1.54) is 30.3 Å². The van der Waals surface area contributed by atoms with E-state index in [-0.39, 0.29) is 148 Å². The Morgan fingerprint density at radius 3 is 2.07 bits per heavy atom. The van der Waals surface area contributed by atoms with Gasteiger partial charge in [0.2, 0.25) is 11.9 Å². The molecule has 0 spiro atoms. The summed E-state index contributed by atoms with van der Waals surface area (Å²) >= 11 is 0.905. The van der Waals surface area contributed by atoms with Crippen molar-refractivity contribution in [1.82, 2.24) is 15.0 Å². The summed E-state index contributed by atoms with van der Waals surface area (Å²) in [6, 6.07) is 15.4. The largest absolute Gasteiger partial charge is 1.00 e. The molecule has 27 heteroatoms. The van der Waals surface area contributed by atoms with Crippen molar-refractivity contribution in [3.8, 4) is 11.5 Å². The fourth-order valence-electron chi connectivity index (χ4n) is 4.27. The molecule has 4 aromatic carbocycles. The molecular weight excluding hydrogens is 798 g/mol. The van der Waals surface area contributed by atoms with Gasteiger partial charge in [-0.05, 0) is 79.0 Å². The van der Waals surface area contributed by atoms with Gasteiger partial charge in [-0.1, -0.05) is 0 Å². The molecule has 0 radical (unpaired) electrons. The molecule has 1 aromatic heterocycles. The normalized spacial score (nSPS) is 10.8. The number of nitrogens with zero attached hydrogens (tertiary/aromatic N) is 5. The third kappa shape index (κ3) is 14.1. The summed E-state index contributed by atoms with van der Waals surface area (Å²) < 4.78 is 50.5. The van der Waals surface area contributed by atoms with E-state index in [4.69, 9.17) is 4.74 Å². The maximum absolute atomic E-state index is 12.1. The smallest absolute Gasteiger partial charge is 0.744 e. The summed E-state index contributed by atoms with van der Waals surface area (Å²) in [5.41, 5.74) is 0.0242. The van der Waals surface area contributed by atoms with Gasteiger partial charge in [0.1, 0.15) is 27.5 Å². The van der Waals surface area contributed by atoms with Gasteiger partial charge in [-0.25, -0.2) is 8.42 Å². The Hall–Kier alpha value is -2.02. The van der Waals surface area contributed by atoms with Crippen LogP contribution in [0.15, 0.2) is 91.6 Å². The Morgan fingerprint density at radius 1 is 0.873 bits per heavy atom. The Balaban J connectivity index is 0.00000378. The van der Waals surface area contributed by atoms with Crippen LogP contribution in [0.2, 0.25) is 0 Å². The summed E-state index contributed by atoms with van der Waals surface area (Å²) in [5.74, 6) is -3.49. The molecule has 0 saturated heterocycles. The second-order valence-corrected chi connectivity index (χ2v) is 12.4. The van der Waals surface area contributed by atoms with Crippen LogP contribution in [0, 0.1) is 0 Å². The number of aromatic carboxylic acids is 1. The van der Waals surface area contributed by atoms with E-state index in [9.17, 15) is 38.5 Å². The number of azo groups is 1. The molecule has 0 aliphatic carbocycles. The minimum Gasteiger partial charge on any atom is -0.744 e. The number of hydrogen-bond acceptors (Lipinski definition) is 22. The van der Waals surface area contributed by atoms with Crippen LogP contribution in [-0.2, 0) is 28.9 Å². The topological polar surface area (TPSA) is 297 Å². The number of ether oxygens (including phenoxy) is 1. The van der Waals surface area contributed by atoms with E-state index in [0.717, 1.165) is 12.1 Å². The van der Waals surface area contributed by atoms with E-state index in [0.29, 0.717) is 35.0 Å². The number of carboxylic acid groups (broad SMARTS) is 1. The molecule has 3 N–H and O–H groups in total. The van der Waals surface area contributed by atoms with Gasteiger partial charge in [0, 0.05) is 16.0 Å². The maximum Gasteiger partial charge on any atom is 1.00 e. The standard InChI is InChI=1S/C28H23N7O13S3.2Li.2Na/c1-2-44-17-7-3-15(4-8-17)29-27-31-25(26(37)38)32-28(33-27)30-20-13-19(51(41,42)43)11-14-12-21(50-48-46-40)23(24(36)22(14)20)35-34-16-5-9-18(10-6-16)49-47-45-39;;;;/h3-13,36,39-40H,2H2,1H3,(H,37,38)(H,41,42,43)(H2,29,30,31,32,33);;;;/q;4*+1/p-4. The van der Waals surface area contributed by atoms with E-state index >= 15 is 0 Å². The van der Waals surface area contributed by atoms with Crippen LogP contribution in [0.4, 0.5) is 34.6 Å². The maximum atomic E-state index is 12.1. The van der Waals surface area contributed by atoms with Gasteiger partial charge >= 0.3 is 96.8 Å². The summed E-state index contributed by atoms with van der Waals surface area (Å²) in [5, 5.41) is 64.0. The molecule has 0 amide bonds. The zero-order valence-corrected chi connectivity index (χ0v) is 35.8. The quantitative estimate of drug-likeness (QED) is 0.0208. The molecule has 0 fully saturated rings. The average molecular weight is 818 g/mol. The number of carboxylic acids is 1. The van der Waals surface area contributed by atoms with E-state index in [1.807, 2.05) is 6.92 Å². The minimum absolute atomic E-state index is 0. The predicted octanol–water partition coefficient (Wildman–Crippen LogP) is -9.22. The monoisotopic (exact) mass is 817 g/mol. The number of fused-ring (bicyclic) bond motifs is 1. The number of benzene rings is 4. The average Bonchev–Trinajstić information content (AvgIpc) is 3.10. The Kier molecular flexibility index (Phi) is 22.3. The number of phenols is 1. The number of carbonyl (C=O) groups is 1. The number of carbonyl (C=O) groups excluding carboxylic acids is 1. The molecule has 20 nitrogen and oxygen atoms in total. The molecule has 0 saturated carbocycles. The van der Waals surface area contributed by atoms with Crippen molar-refractivity contribution < 1.29 is 159 Å². The molecule has 0 aliphatic rings. The minimum atomic E-state index is -5.14. The zero-order chi connectivity index (χ0) is 36.5. The fourth-order valence-corrected chi connectivity index (χ4v) is 5.65. The summed E-state index contributed by atoms with van der Waals surface area (Å²) in [7, 11) is -5.14. The molecule has 0 atom stereocenters. The second kappa shape index (κ2) is 24.0. The van der Waals surface area contributed by atoms with Crippen LogP contribution < -0.4 is 128 Å². The van der Waals surface area contributed by atoms with Gasteiger partial charge in [0.15, 0.2) is 11.6 Å². The van der Waals surface area contributed by atoms with Gasteiger partial charge in [-0.3, -0.25) is 10.1 Å². The van der Waals surface area contributed by atoms with Gasteiger partial charge in [0.05, 0.1) is 51.9 Å². The first-order chi connectivity index (χ1) is 24.5. The van der Waals surface area contributed by atoms with Gasteiger partial charge in [-0.2, -0.15) is 28.7 Å². The first-order valence-electron chi connectivity index (χ1n) is 13.8. The second-order valence-electron chi connectivity index (χ2n) is 9.53. The van der Waals surface area contributed by atoms with E-state index in [1.54, 1.807) is 24.3 Å². The van der Waals surface area contributed by atoms with Crippen molar-refractivity contribution in [2.45, 2.75) is 21.6 Å². The SMILES string of the molecule is CCOc1ccc(Nc2nc(Nc3cc(S(=O)(=O)[O-])cc4cc(SOO[O-])c(N=Nc5ccc(SOO[O-])cc5)c(O)c34)nc(C(=O)[O-])n2)cc1.[Li+].[Li+].[Na+].[Na+]. The van der Waals surface area contributed by atoms with Crippen LogP contribution in [0.25, 0.3) is 10.8 Å². The van der Waals surface area contributed by atoms with Crippen LogP contribution in [0.1, 0.15) is 17.5 Å². The number of aromatic hydroxyl groups is 1. The molecule has 1 heterocycles. The summed E-state index contributed by atoms with van der Waals surface area (Å²) in [6.45, 7) is 2.24. The Bertz CT molecular complexity index is 2200. The van der Waals surface area contributed by atoms with Crippen LogP contribution in [0.5, 0.6) is 11.5 Å². The fraction of sp³-hybridized carbons (Fsp3) is 0.0714. The molecule has 0 aliphatic heterocycles. The molecule has 0 bridgehead atoms. The first kappa shape index (κ1) is 51.0. The molecule has 5 rings (SSSR count). The Labute approximate surface area is 388 Å². The number of nitrogens with one attached hydrogen (secondary N) is 2. The van der Waals surface area contributed by atoms with Crippen LogP contribution >= 0.6 is 24.1 Å². The van der Waals surface area contributed by atoms with Crippen LogP contribution in [0.3, 0.4) is 0 Å². The molecule has 5 aromatic rings.